The smallest absolute Gasteiger partial charge is 0.410 e. The minimum atomic E-state index is -0.965. The van der Waals surface area contributed by atoms with Crippen LogP contribution in [0.4, 0.5) is 4.79 Å². The lowest BCUT2D eigenvalue weighted by atomic mass is 9.98. The Labute approximate surface area is 174 Å². The fraction of sp³-hybridized carbons (Fsp3) is 0.208. The summed E-state index contributed by atoms with van der Waals surface area (Å²) in [4.78, 5) is 29.5. The average molecular weight is 402 g/mol. The van der Waals surface area contributed by atoms with E-state index in [4.69, 9.17) is 9.84 Å². The van der Waals surface area contributed by atoms with Gasteiger partial charge in [0.15, 0.2) is 0 Å². The molecule has 0 fully saturated rings. The molecule has 30 heavy (non-hydrogen) atoms. The molecular formula is C24H22N2O4. The van der Waals surface area contributed by atoms with E-state index < -0.39 is 12.1 Å². The van der Waals surface area contributed by atoms with Crippen molar-refractivity contribution in [2.75, 3.05) is 13.2 Å². The number of carbonyl (C=O) groups is 2. The molecule has 0 atom stereocenters. The van der Waals surface area contributed by atoms with E-state index in [1.807, 2.05) is 30.3 Å². The highest BCUT2D eigenvalue weighted by Crippen LogP contribution is 2.44. The van der Waals surface area contributed by atoms with E-state index in [9.17, 15) is 9.59 Å². The number of hydrogen-bond donors (Lipinski definition) is 1. The first-order chi connectivity index (χ1) is 14.6. The van der Waals surface area contributed by atoms with Gasteiger partial charge in [0, 0.05) is 18.7 Å². The molecule has 1 N–H and O–H groups in total. The van der Waals surface area contributed by atoms with Crippen LogP contribution in [0.15, 0.2) is 72.9 Å². The number of ether oxygens (including phenoxy) is 1. The number of carboxylic acids is 1. The summed E-state index contributed by atoms with van der Waals surface area (Å²) in [5.74, 6) is -1.01. The Balaban J connectivity index is 1.49. The topological polar surface area (TPSA) is 79.7 Å². The van der Waals surface area contributed by atoms with Crippen molar-refractivity contribution >= 4 is 12.1 Å². The molecule has 3 aromatic rings. The van der Waals surface area contributed by atoms with Crippen LogP contribution in [0.25, 0.3) is 11.1 Å². The average Bonchev–Trinajstić information content (AvgIpc) is 3.09. The van der Waals surface area contributed by atoms with Gasteiger partial charge in [0.1, 0.15) is 6.61 Å². The van der Waals surface area contributed by atoms with E-state index in [1.165, 1.54) is 4.90 Å². The number of hydrogen-bond acceptors (Lipinski definition) is 4. The number of amides is 1. The minimum Gasteiger partial charge on any atom is -0.481 e. The van der Waals surface area contributed by atoms with Crippen molar-refractivity contribution in [1.82, 2.24) is 9.88 Å². The molecule has 1 aliphatic carbocycles. The summed E-state index contributed by atoms with van der Waals surface area (Å²) in [6.07, 6.45) is 0.947. The van der Waals surface area contributed by atoms with Gasteiger partial charge in [0.25, 0.3) is 0 Å². The quantitative estimate of drug-likeness (QED) is 0.637. The number of nitrogens with zero attached hydrogens (tertiary/aromatic N) is 2. The second-order valence-electron chi connectivity index (χ2n) is 7.19. The van der Waals surface area contributed by atoms with Crippen LogP contribution in [0.2, 0.25) is 0 Å². The molecule has 0 spiro atoms. The zero-order valence-electron chi connectivity index (χ0n) is 16.4. The Morgan fingerprint density at radius 2 is 1.57 bits per heavy atom. The van der Waals surface area contributed by atoms with Crippen LogP contribution in [0.3, 0.4) is 0 Å². The highest BCUT2D eigenvalue weighted by atomic mass is 16.6. The molecular weight excluding hydrogens is 380 g/mol. The van der Waals surface area contributed by atoms with E-state index in [2.05, 4.69) is 29.2 Å². The molecule has 0 aliphatic heterocycles. The molecule has 1 aromatic heterocycles. The molecule has 1 heterocycles. The zero-order chi connectivity index (χ0) is 20.9. The van der Waals surface area contributed by atoms with Gasteiger partial charge >= 0.3 is 12.1 Å². The van der Waals surface area contributed by atoms with Gasteiger partial charge in [-0.05, 0) is 34.4 Å². The van der Waals surface area contributed by atoms with Gasteiger partial charge in [-0.25, -0.2) is 4.79 Å². The first-order valence-corrected chi connectivity index (χ1v) is 9.85. The largest absolute Gasteiger partial charge is 0.481 e. The van der Waals surface area contributed by atoms with Crippen molar-refractivity contribution < 1.29 is 19.4 Å². The predicted molar refractivity (Wildman–Crippen MR) is 112 cm³/mol. The van der Waals surface area contributed by atoms with E-state index in [-0.39, 0.29) is 32.0 Å². The van der Waals surface area contributed by atoms with Crippen molar-refractivity contribution in [3.63, 3.8) is 0 Å². The van der Waals surface area contributed by atoms with Gasteiger partial charge in [-0.2, -0.15) is 0 Å². The van der Waals surface area contributed by atoms with Crippen LogP contribution in [0, 0.1) is 0 Å². The highest BCUT2D eigenvalue weighted by Gasteiger charge is 2.29. The standard InChI is InChI=1S/C24H22N2O4/c27-23(28)12-14-26(15-17-7-5-6-13-25-17)24(29)30-16-22-20-10-3-1-8-18(20)19-9-2-4-11-21(19)22/h1-11,13,22H,12,14-16H2,(H,27,28). The van der Waals surface area contributed by atoms with E-state index in [1.54, 1.807) is 18.3 Å². The zero-order valence-corrected chi connectivity index (χ0v) is 16.4. The molecule has 4 rings (SSSR count). The Morgan fingerprint density at radius 3 is 2.17 bits per heavy atom. The third kappa shape index (κ3) is 4.17. The second-order valence-corrected chi connectivity index (χ2v) is 7.19. The molecule has 0 saturated carbocycles. The number of carbonyl (C=O) groups excluding carboxylic acids is 1. The van der Waals surface area contributed by atoms with Gasteiger partial charge in [0.2, 0.25) is 0 Å². The lowest BCUT2D eigenvalue weighted by Crippen LogP contribution is -2.34. The lowest BCUT2D eigenvalue weighted by Gasteiger charge is -2.22. The number of fused-ring (bicyclic) bond motifs is 3. The fourth-order valence-corrected chi connectivity index (χ4v) is 3.84. The molecule has 0 unspecified atom stereocenters. The number of aromatic nitrogens is 1. The molecule has 1 amide bonds. The van der Waals surface area contributed by atoms with Gasteiger partial charge in [-0.15, -0.1) is 0 Å². The number of benzene rings is 2. The first kappa shape index (κ1) is 19.6. The summed E-state index contributed by atoms with van der Waals surface area (Å²) in [5.41, 5.74) is 5.26. The summed E-state index contributed by atoms with van der Waals surface area (Å²) < 4.78 is 5.67. The predicted octanol–water partition coefficient (Wildman–Crippen LogP) is 4.31. The Hall–Kier alpha value is -3.67. The maximum Gasteiger partial charge on any atom is 0.410 e. The summed E-state index contributed by atoms with van der Waals surface area (Å²) in [6.45, 7) is 0.450. The third-order valence-corrected chi connectivity index (χ3v) is 5.27. The van der Waals surface area contributed by atoms with Crippen LogP contribution in [-0.4, -0.2) is 40.2 Å². The molecule has 0 saturated heterocycles. The van der Waals surface area contributed by atoms with E-state index in [0.717, 1.165) is 22.3 Å². The second kappa shape index (κ2) is 8.78. The van der Waals surface area contributed by atoms with Crippen molar-refractivity contribution in [2.45, 2.75) is 18.9 Å². The van der Waals surface area contributed by atoms with Gasteiger partial charge < -0.3 is 14.7 Å². The molecule has 0 bridgehead atoms. The Morgan fingerprint density at radius 1 is 0.933 bits per heavy atom. The molecule has 0 radical (unpaired) electrons. The number of pyridine rings is 1. The van der Waals surface area contributed by atoms with Crippen LogP contribution >= 0.6 is 0 Å². The van der Waals surface area contributed by atoms with E-state index in [0.29, 0.717) is 5.69 Å². The minimum absolute atomic E-state index is 0.0440. The number of carboxylic acid groups (broad SMARTS) is 1. The van der Waals surface area contributed by atoms with Crippen LogP contribution < -0.4 is 0 Å². The summed E-state index contributed by atoms with van der Waals surface area (Å²) in [5, 5.41) is 9.04. The maximum atomic E-state index is 12.8. The molecule has 2 aromatic carbocycles. The van der Waals surface area contributed by atoms with E-state index >= 15 is 0 Å². The summed E-state index contributed by atoms with van der Waals surface area (Å²) in [6, 6.07) is 21.7. The fourth-order valence-electron chi connectivity index (χ4n) is 3.84. The normalized spacial score (nSPS) is 12.1. The number of aliphatic carboxylic acids is 1. The van der Waals surface area contributed by atoms with Crippen molar-refractivity contribution in [2.24, 2.45) is 0 Å². The molecule has 6 nitrogen and oxygen atoms in total. The molecule has 152 valence electrons. The summed E-state index contributed by atoms with van der Waals surface area (Å²) >= 11 is 0. The first-order valence-electron chi connectivity index (χ1n) is 9.85. The Bertz CT molecular complexity index is 1010. The highest BCUT2D eigenvalue weighted by molar-refractivity contribution is 5.79. The van der Waals surface area contributed by atoms with Gasteiger partial charge in [0.05, 0.1) is 18.7 Å². The lowest BCUT2D eigenvalue weighted by molar-refractivity contribution is -0.137. The van der Waals surface area contributed by atoms with Crippen LogP contribution in [0.1, 0.15) is 29.2 Å². The number of rotatable bonds is 7. The monoisotopic (exact) mass is 402 g/mol. The third-order valence-electron chi connectivity index (χ3n) is 5.27. The molecule has 6 heteroatoms. The maximum absolute atomic E-state index is 12.8. The SMILES string of the molecule is O=C(O)CCN(Cc1ccccn1)C(=O)OCC1c2ccccc2-c2ccccc21. The van der Waals surface area contributed by atoms with Gasteiger partial charge in [-0.3, -0.25) is 9.78 Å². The van der Waals surface area contributed by atoms with Crippen LogP contribution in [-0.2, 0) is 16.1 Å². The van der Waals surface area contributed by atoms with Crippen molar-refractivity contribution in [3.8, 4) is 11.1 Å². The van der Waals surface area contributed by atoms with Crippen LogP contribution in [0.5, 0.6) is 0 Å². The Kier molecular flexibility index (Phi) is 5.75. The van der Waals surface area contributed by atoms with Crippen molar-refractivity contribution in [1.29, 1.82) is 0 Å². The molecule has 1 aliphatic rings. The summed E-state index contributed by atoms with van der Waals surface area (Å²) in [7, 11) is 0. The van der Waals surface area contributed by atoms with Gasteiger partial charge in [-0.1, -0.05) is 54.6 Å². The van der Waals surface area contributed by atoms with Crippen molar-refractivity contribution in [3.05, 3.63) is 89.7 Å².